The number of carbonyl (C=O) groups is 3. The Balaban J connectivity index is 1.32. The monoisotopic (exact) mass is 430 g/mol. The molecule has 0 fully saturated rings. The molecule has 7 heteroatoms. The van der Waals surface area contributed by atoms with Crippen LogP contribution in [-0.2, 0) is 14.3 Å². The fraction of sp³-hybridized carbons (Fsp3) is 0.160. The molecule has 0 radical (unpaired) electrons. The number of alkyl carbamates (subject to hydrolysis) is 1. The number of fused-ring (bicyclic) bond motifs is 3. The van der Waals surface area contributed by atoms with E-state index in [4.69, 9.17) is 4.74 Å². The molecule has 4 rings (SSSR count). The summed E-state index contributed by atoms with van der Waals surface area (Å²) < 4.78 is 5.38. The highest BCUT2D eigenvalue weighted by Crippen LogP contribution is 2.44. The third-order valence-corrected chi connectivity index (χ3v) is 5.42. The molecule has 1 aliphatic carbocycles. The minimum Gasteiger partial charge on any atom is -0.479 e. The first kappa shape index (κ1) is 21.1. The van der Waals surface area contributed by atoms with Gasteiger partial charge in [0.15, 0.2) is 6.04 Å². The zero-order valence-electron chi connectivity index (χ0n) is 17.2. The van der Waals surface area contributed by atoms with Gasteiger partial charge in [0.25, 0.3) is 0 Å². The number of benzene rings is 3. The molecule has 1 aliphatic rings. The van der Waals surface area contributed by atoms with Crippen molar-refractivity contribution in [1.29, 1.82) is 0 Å². The van der Waals surface area contributed by atoms with Crippen LogP contribution in [-0.4, -0.2) is 36.2 Å². The van der Waals surface area contributed by atoms with Gasteiger partial charge in [0.1, 0.15) is 13.2 Å². The Bertz CT molecular complexity index is 1100. The highest BCUT2D eigenvalue weighted by Gasteiger charge is 2.29. The van der Waals surface area contributed by atoms with Crippen molar-refractivity contribution in [2.24, 2.45) is 0 Å². The third-order valence-electron chi connectivity index (χ3n) is 5.42. The first-order chi connectivity index (χ1) is 15.5. The fourth-order valence-electron chi connectivity index (χ4n) is 3.95. The Morgan fingerprint density at radius 2 is 1.41 bits per heavy atom. The maximum atomic E-state index is 12.2. The molecule has 32 heavy (non-hydrogen) atoms. The lowest BCUT2D eigenvalue weighted by molar-refractivity contribution is -0.141. The first-order valence-electron chi connectivity index (χ1n) is 10.2. The SMILES string of the molecule is O=C(CNC(=O)OCC1c2ccccc2-c2ccccc21)N[C@H](C(=O)O)c1ccccc1. The van der Waals surface area contributed by atoms with Gasteiger partial charge in [-0.15, -0.1) is 0 Å². The zero-order valence-corrected chi connectivity index (χ0v) is 17.2. The lowest BCUT2D eigenvalue weighted by atomic mass is 9.98. The Hall–Kier alpha value is -4.13. The molecule has 3 N–H and O–H groups in total. The summed E-state index contributed by atoms with van der Waals surface area (Å²) in [7, 11) is 0. The average molecular weight is 430 g/mol. The van der Waals surface area contributed by atoms with Crippen molar-refractivity contribution >= 4 is 18.0 Å². The minimum absolute atomic E-state index is 0.0866. The van der Waals surface area contributed by atoms with Crippen LogP contribution >= 0.6 is 0 Å². The van der Waals surface area contributed by atoms with Gasteiger partial charge >= 0.3 is 12.1 Å². The number of carboxylic acids is 1. The number of aliphatic carboxylic acids is 1. The Labute approximate surface area is 185 Å². The Morgan fingerprint density at radius 1 is 0.844 bits per heavy atom. The van der Waals surface area contributed by atoms with E-state index in [0.29, 0.717) is 5.56 Å². The van der Waals surface area contributed by atoms with Crippen LogP contribution in [0.1, 0.15) is 28.7 Å². The number of rotatable bonds is 7. The van der Waals surface area contributed by atoms with Crippen molar-refractivity contribution in [3.63, 3.8) is 0 Å². The summed E-state index contributed by atoms with van der Waals surface area (Å²) in [4.78, 5) is 35.9. The number of hydrogen-bond donors (Lipinski definition) is 3. The van der Waals surface area contributed by atoms with Crippen LogP contribution in [0.4, 0.5) is 4.79 Å². The van der Waals surface area contributed by atoms with Gasteiger partial charge in [-0.3, -0.25) is 4.79 Å². The molecule has 162 valence electrons. The van der Waals surface area contributed by atoms with Crippen LogP contribution in [0.5, 0.6) is 0 Å². The van der Waals surface area contributed by atoms with Crippen LogP contribution in [0.2, 0.25) is 0 Å². The second kappa shape index (κ2) is 9.34. The summed E-state index contributed by atoms with van der Waals surface area (Å²) in [5.74, 6) is -1.91. The van der Waals surface area contributed by atoms with Crippen LogP contribution in [0.25, 0.3) is 11.1 Å². The van der Waals surface area contributed by atoms with E-state index in [-0.39, 0.29) is 12.5 Å². The van der Waals surface area contributed by atoms with Crippen molar-refractivity contribution in [2.45, 2.75) is 12.0 Å². The standard InChI is InChI=1S/C25H22N2O5/c28-22(27-23(24(29)30)16-8-2-1-3-9-16)14-26-25(31)32-15-21-19-12-6-4-10-17(19)18-11-5-7-13-20(18)21/h1-13,21,23H,14-15H2,(H,26,31)(H,27,28)(H,29,30)/t23-/m0/s1. The van der Waals surface area contributed by atoms with E-state index in [0.717, 1.165) is 22.3 Å². The van der Waals surface area contributed by atoms with Gasteiger partial charge in [-0.1, -0.05) is 78.9 Å². The van der Waals surface area contributed by atoms with Crippen molar-refractivity contribution < 1.29 is 24.2 Å². The Morgan fingerprint density at radius 3 is 2.00 bits per heavy atom. The van der Waals surface area contributed by atoms with E-state index in [1.54, 1.807) is 30.3 Å². The second-order valence-corrected chi connectivity index (χ2v) is 7.43. The highest BCUT2D eigenvalue weighted by atomic mass is 16.5. The molecule has 3 aromatic rings. The Kier molecular flexibility index (Phi) is 6.17. The van der Waals surface area contributed by atoms with Crippen LogP contribution in [0.3, 0.4) is 0 Å². The lowest BCUT2D eigenvalue weighted by Gasteiger charge is -2.16. The van der Waals surface area contributed by atoms with Crippen LogP contribution in [0, 0.1) is 0 Å². The topological polar surface area (TPSA) is 105 Å². The lowest BCUT2D eigenvalue weighted by Crippen LogP contribution is -2.41. The fourth-order valence-corrected chi connectivity index (χ4v) is 3.95. The van der Waals surface area contributed by atoms with E-state index >= 15 is 0 Å². The van der Waals surface area contributed by atoms with Gasteiger partial charge in [-0.25, -0.2) is 9.59 Å². The molecule has 0 bridgehead atoms. The molecule has 1 atom stereocenters. The molecule has 0 heterocycles. The average Bonchev–Trinajstić information content (AvgIpc) is 3.14. The van der Waals surface area contributed by atoms with E-state index in [1.165, 1.54) is 0 Å². The molecular weight excluding hydrogens is 408 g/mol. The first-order valence-corrected chi connectivity index (χ1v) is 10.2. The summed E-state index contributed by atoms with van der Waals surface area (Å²) in [6.45, 7) is -0.267. The van der Waals surface area contributed by atoms with Gasteiger partial charge in [0.2, 0.25) is 5.91 Å². The van der Waals surface area contributed by atoms with E-state index in [9.17, 15) is 19.5 Å². The normalized spacial score (nSPS) is 12.9. The minimum atomic E-state index is -1.20. The van der Waals surface area contributed by atoms with Gasteiger partial charge in [0, 0.05) is 5.92 Å². The molecule has 2 amide bonds. The van der Waals surface area contributed by atoms with E-state index in [2.05, 4.69) is 10.6 Å². The van der Waals surface area contributed by atoms with E-state index in [1.807, 2.05) is 48.5 Å². The predicted molar refractivity (Wildman–Crippen MR) is 118 cm³/mol. The molecule has 0 unspecified atom stereocenters. The number of hydrogen-bond acceptors (Lipinski definition) is 4. The van der Waals surface area contributed by atoms with Gasteiger partial charge in [0.05, 0.1) is 0 Å². The van der Waals surface area contributed by atoms with Gasteiger partial charge in [-0.2, -0.15) is 0 Å². The van der Waals surface area contributed by atoms with Gasteiger partial charge < -0.3 is 20.5 Å². The summed E-state index contributed by atoms with van der Waals surface area (Å²) in [5.41, 5.74) is 4.86. The number of ether oxygens (including phenoxy) is 1. The summed E-state index contributed by atoms with van der Waals surface area (Å²) in [6.07, 6.45) is -0.742. The predicted octanol–water partition coefficient (Wildman–Crippen LogP) is 3.47. The molecule has 0 aliphatic heterocycles. The largest absolute Gasteiger partial charge is 0.479 e. The smallest absolute Gasteiger partial charge is 0.407 e. The van der Waals surface area contributed by atoms with Crippen molar-refractivity contribution in [3.05, 3.63) is 95.6 Å². The maximum Gasteiger partial charge on any atom is 0.407 e. The molecule has 0 aromatic heterocycles. The van der Waals surface area contributed by atoms with Crippen molar-refractivity contribution in [2.75, 3.05) is 13.2 Å². The summed E-state index contributed by atoms with van der Waals surface area (Å²) in [5, 5.41) is 14.2. The number of carboxylic acid groups (broad SMARTS) is 1. The quantitative estimate of drug-likeness (QED) is 0.532. The molecule has 0 saturated carbocycles. The molecule has 0 saturated heterocycles. The highest BCUT2D eigenvalue weighted by molar-refractivity contribution is 5.87. The van der Waals surface area contributed by atoms with Gasteiger partial charge in [-0.05, 0) is 27.8 Å². The molecule has 0 spiro atoms. The van der Waals surface area contributed by atoms with Crippen molar-refractivity contribution in [3.8, 4) is 11.1 Å². The van der Waals surface area contributed by atoms with E-state index < -0.39 is 30.6 Å². The molecule has 7 nitrogen and oxygen atoms in total. The number of carbonyl (C=O) groups excluding carboxylic acids is 2. The second-order valence-electron chi connectivity index (χ2n) is 7.43. The zero-order chi connectivity index (χ0) is 22.5. The molecular formula is C25H22N2O5. The van der Waals surface area contributed by atoms with Crippen molar-refractivity contribution in [1.82, 2.24) is 10.6 Å². The summed E-state index contributed by atoms with van der Waals surface area (Å²) in [6, 6.07) is 23.1. The van der Waals surface area contributed by atoms with Crippen LogP contribution < -0.4 is 10.6 Å². The number of amides is 2. The maximum absolute atomic E-state index is 12.2. The number of nitrogens with one attached hydrogen (secondary N) is 2. The molecule has 3 aromatic carbocycles. The summed E-state index contributed by atoms with van der Waals surface area (Å²) >= 11 is 0. The third kappa shape index (κ3) is 4.46. The van der Waals surface area contributed by atoms with Crippen LogP contribution in [0.15, 0.2) is 78.9 Å².